The number of nitrogens with one attached hydrogen (secondary N) is 2. The number of urea groups is 1. The lowest BCUT2D eigenvalue weighted by atomic mass is 10.0. The molecule has 0 saturated heterocycles. The van der Waals surface area contributed by atoms with Gasteiger partial charge < -0.3 is 5.32 Å². The van der Waals surface area contributed by atoms with Gasteiger partial charge in [0, 0.05) is 5.02 Å². The van der Waals surface area contributed by atoms with Crippen molar-refractivity contribution in [1.29, 1.82) is 0 Å². The molecular weight excluding hydrogens is 418 g/mol. The molecule has 0 aliphatic carbocycles. The Bertz CT molecular complexity index is 1170. The fraction of sp³-hybridized carbons (Fsp3) is 0.263. The summed E-state index contributed by atoms with van der Waals surface area (Å²) in [7, 11) is -3.35. The Morgan fingerprint density at radius 3 is 2.89 bits per heavy atom. The molecule has 1 aliphatic heterocycles. The van der Waals surface area contributed by atoms with Crippen LogP contribution in [0.25, 0.3) is 10.2 Å². The van der Waals surface area contributed by atoms with Gasteiger partial charge in [-0.3, -0.25) is 5.32 Å². The maximum atomic E-state index is 12.5. The number of benzene rings is 2. The van der Waals surface area contributed by atoms with Crippen molar-refractivity contribution >= 4 is 54.2 Å². The molecule has 0 radical (unpaired) electrons. The highest BCUT2D eigenvalue weighted by Crippen LogP contribution is 2.34. The van der Waals surface area contributed by atoms with Gasteiger partial charge in [0.1, 0.15) is 0 Å². The molecule has 6 nitrogen and oxygen atoms in total. The first-order valence-corrected chi connectivity index (χ1v) is 11.7. The third kappa shape index (κ3) is 3.72. The number of aromatic nitrogens is 1. The van der Waals surface area contributed by atoms with Gasteiger partial charge in [-0.25, -0.2) is 18.2 Å². The summed E-state index contributed by atoms with van der Waals surface area (Å²) in [5.41, 5.74) is 2.56. The van der Waals surface area contributed by atoms with E-state index in [0.717, 1.165) is 16.6 Å². The molecule has 2 amide bonds. The van der Waals surface area contributed by atoms with E-state index in [2.05, 4.69) is 28.6 Å². The van der Waals surface area contributed by atoms with E-state index in [4.69, 9.17) is 11.6 Å². The fourth-order valence-corrected chi connectivity index (χ4v) is 6.00. The van der Waals surface area contributed by atoms with E-state index in [1.807, 2.05) is 12.1 Å². The third-order valence-electron chi connectivity index (χ3n) is 4.74. The summed E-state index contributed by atoms with van der Waals surface area (Å²) < 4.78 is 25.6. The number of anilines is 1. The molecule has 2 heterocycles. The number of rotatable bonds is 3. The Morgan fingerprint density at radius 1 is 1.29 bits per heavy atom. The van der Waals surface area contributed by atoms with E-state index >= 15 is 0 Å². The highest BCUT2D eigenvalue weighted by molar-refractivity contribution is 7.91. The monoisotopic (exact) mass is 435 g/mol. The molecule has 2 aromatic carbocycles. The summed E-state index contributed by atoms with van der Waals surface area (Å²) in [6.07, 6.45) is 1.23. The van der Waals surface area contributed by atoms with Crippen LogP contribution >= 0.6 is 22.9 Å². The second-order valence-corrected chi connectivity index (χ2v) is 10.2. The molecule has 0 spiro atoms. The lowest BCUT2D eigenvalue weighted by molar-refractivity contribution is 0.248. The zero-order chi connectivity index (χ0) is 19.9. The van der Waals surface area contributed by atoms with Crippen molar-refractivity contribution in [3.8, 4) is 0 Å². The fourth-order valence-electron chi connectivity index (χ4n) is 3.30. The third-order valence-corrected chi connectivity index (χ3v) is 7.73. The highest BCUT2D eigenvalue weighted by Gasteiger charge is 2.31. The average Bonchev–Trinajstić information content (AvgIpc) is 3.05. The van der Waals surface area contributed by atoms with Gasteiger partial charge in [-0.15, -0.1) is 0 Å². The molecule has 28 heavy (non-hydrogen) atoms. The summed E-state index contributed by atoms with van der Waals surface area (Å²) >= 11 is 7.44. The number of carbonyl (C=O) groups excluding carboxylic acids is 1. The quantitative estimate of drug-likeness (QED) is 0.631. The summed E-state index contributed by atoms with van der Waals surface area (Å²) in [6, 6.07) is 9.82. The Morgan fingerprint density at radius 2 is 2.11 bits per heavy atom. The molecule has 4 rings (SSSR count). The van der Waals surface area contributed by atoms with Gasteiger partial charge in [0.05, 0.1) is 26.9 Å². The molecule has 2 N–H and O–H groups in total. The molecule has 0 saturated carbocycles. The molecule has 1 aromatic heterocycles. The second-order valence-electron chi connectivity index (χ2n) is 6.62. The number of hydrogen-bond acceptors (Lipinski definition) is 5. The smallest absolute Gasteiger partial charge is 0.321 e. The van der Waals surface area contributed by atoms with Gasteiger partial charge in [-0.2, -0.15) is 0 Å². The number of halogens is 1. The number of nitrogens with zero attached hydrogens (tertiary/aromatic N) is 1. The zero-order valence-corrected chi connectivity index (χ0v) is 17.4. The Balaban J connectivity index is 1.54. The van der Waals surface area contributed by atoms with Crippen molar-refractivity contribution in [2.75, 3.05) is 11.1 Å². The summed E-state index contributed by atoms with van der Waals surface area (Å²) in [6.45, 7) is 2.09. The van der Waals surface area contributed by atoms with Crippen LogP contribution < -0.4 is 10.6 Å². The van der Waals surface area contributed by atoms with Crippen LogP contribution in [-0.4, -0.2) is 25.2 Å². The van der Waals surface area contributed by atoms with Crippen molar-refractivity contribution in [3.05, 3.63) is 52.5 Å². The number of thiazole rings is 1. The molecule has 0 bridgehead atoms. The first-order valence-electron chi connectivity index (χ1n) is 8.85. The van der Waals surface area contributed by atoms with Gasteiger partial charge in [0.2, 0.25) is 0 Å². The molecular formula is C19H18ClN3O3S2. The van der Waals surface area contributed by atoms with Crippen LogP contribution in [0.1, 0.15) is 30.5 Å². The molecule has 0 unspecified atom stereocenters. The van der Waals surface area contributed by atoms with Crippen LogP contribution in [0, 0.1) is 0 Å². The van der Waals surface area contributed by atoms with Crippen molar-refractivity contribution < 1.29 is 13.2 Å². The van der Waals surface area contributed by atoms with E-state index < -0.39 is 21.9 Å². The molecule has 1 atom stereocenters. The van der Waals surface area contributed by atoms with E-state index in [0.29, 0.717) is 22.1 Å². The van der Waals surface area contributed by atoms with Crippen molar-refractivity contribution in [2.24, 2.45) is 0 Å². The number of carbonyl (C=O) groups is 1. The lowest BCUT2D eigenvalue weighted by Gasteiger charge is -2.26. The summed E-state index contributed by atoms with van der Waals surface area (Å²) in [4.78, 5) is 17.2. The standard InChI is InChI=1S/C19H18ClN3O3S2/c1-2-11-3-5-15-16(9-11)27-19(22-15)23-18(24)21-14-7-8-28(25,26)17-6-4-12(20)10-13(14)17/h3-6,9-10,14H,2,7-8H2,1H3,(H2,21,22,23,24)/t14-/m1/s1. The largest absolute Gasteiger partial charge is 0.331 e. The maximum absolute atomic E-state index is 12.5. The second kappa shape index (κ2) is 7.35. The number of amides is 2. The first kappa shape index (κ1) is 19.2. The number of aryl methyl sites for hydroxylation is 1. The van der Waals surface area contributed by atoms with Gasteiger partial charge in [0.25, 0.3) is 0 Å². The zero-order valence-electron chi connectivity index (χ0n) is 15.0. The summed E-state index contributed by atoms with van der Waals surface area (Å²) in [5.74, 6) is -0.0203. The van der Waals surface area contributed by atoms with Crippen LogP contribution in [0.15, 0.2) is 41.3 Å². The minimum Gasteiger partial charge on any atom is -0.331 e. The normalized spacial score (nSPS) is 17.9. The van der Waals surface area contributed by atoms with Gasteiger partial charge in [-0.05, 0) is 54.3 Å². The maximum Gasteiger partial charge on any atom is 0.321 e. The topological polar surface area (TPSA) is 88.2 Å². The SMILES string of the molecule is CCc1ccc2nc(NC(=O)N[C@@H]3CCS(=O)(=O)c4ccc(Cl)cc43)sc2c1. The van der Waals surface area contributed by atoms with Gasteiger partial charge >= 0.3 is 6.03 Å². The molecule has 9 heteroatoms. The van der Waals surface area contributed by atoms with Gasteiger partial charge in [0.15, 0.2) is 15.0 Å². The van der Waals surface area contributed by atoms with Crippen LogP contribution in [0.2, 0.25) is 5.02 Å². The first-order chi connectivity index (χ1) is 13.4. The number of fused-ring (bicyclic) bond motifs is 2. The van der Waals surface area contributed by atoms with Crippen molar-refractivity contribution in [1.82, 2.24) is 10.3 Å². The van der Waals surface area contributed by atoms with Crippen LogP contribution in [0.4, 0.5) is 9.93 Å². The minimum atomic E-state index is -3.35. The molecule has 146 valence electrons. The Labute approximate surface area is 171 Å². The highest BCUT2D eigenvalue weighted by atomic mass is 35.5. The molecule has 1 aliphatic rings. The van der Waals surface area contributed by atoms with Gasteiger partial charge in [-0.1, -0.05) is 35.9 Å². The molecule has 3 aromatic rings. The lowest BCUT2D eigenvalue weighted by Crippen LogP contribution is -2.36. The van der Waals surface area contributed by atoms with Crippen LogP contribution in [0.5, 0.6) is 0 Å². The Kier molecular flexibility index (Phi) is 5.03. The summed E-state index contributed by atoms with van der Waals surface area (Å²) in [5, 5.41) is 6.53. The van der Waals surface area contributed by atoms with E-state index in [1.54, 1.807) is 12.1 Å². The average molecular weight is 436 g/mol. The van der Waals surface area contributed by atoms with E-state index in [9.17, 15) is 13.2 Å². The predicted octanol–water partition coefficient (Wildman–Crippen LogP) is 4.55. The van der Waals surface area contributed by atoms with Crippen molar-refractivity contribution in [2.45, 2.75) is 30.7 Å². The number of sulfone groups is 1. The van der Waals surface area contributed by atoms with Crippen LogP contribution in [0.3, 0.4) is 0 Å². The minimum absolute atomic E-state index is 0.0203. The van der Waals surface area contributed by atoms with E-state index in [-0.39, 0.29) is 10.6 Å². The van der Waals surface area contributed by atoms with E-state index in [1.165, 1.54) is 23.0 Å². The van der Waals surface area contributed by atoms with Crippen LogP contribution in [-0.2, 0) is 16.3 Å². The predicted molar refractivity (Wildman–Crippen MR) is 112 cm³/mol. The molecule has 0 fully saturated rings. The number of hydrogen-bond donors (Lipinski definition) is 2. The van der Waals surface area contributed by atoms with Crippen molar-refractivity contribution in [3.63, 3.8) is 0 Å². The Hall–Kier alpha value is -2.16.